The van der Waals surface area contributed by atoms with Gasteiger partial charge in [0.15, 0.2) is 0 Å². The molecule has 0 bridgehead atoms. The van der Waals surface area contributed by atoms with Gasteiger partial charge in [-0.3, -0.25) is 4.79 Å². The van der Waals surface area contributed by atoms with E-state index in [9.17, 15) is 9.18 Å². The van der Waals surface area contributed by atoms with Crippen LogP contribution in [0.1, 0.15) is 12.8 Å². The molecule has 0 amide bonds. The van der Waals surface area contributed by atoms with Gasteiger partial charge in [0, 0.05) is 18.8 Å². The van der Waals surface area contributed by atoms with Crippen LogP contribution in [0.5, 0.6) is 0 Å². The molecule has 5 heteroatoms. The molecule has 0 atom stereocenters. The maximum absolute atomic E-state index is 13.3. The van der Waals surface area contributed by atoms with Crippen LogP contribution in [0, 0.1) is 11.7 Å². The molecule has 0 spiro atoms. The standard InChI is InChI=1S/C12H13ClFNO2/c13-10-2-1-9(7-11(10)14)15-5-3-8(4-6-15)12(16)17/h1-2,7-8H,3-6H2,(H,16,17). The van der Waals surface area contributed by atoms with Gasteiger partial charge < -0.3 is 10.0 Å². The lowest BCUT2D eigenvalue weighted by Gasteiger charge is -2.31. The predicted octanol–water partition coefficient (Wildman–Crippen LogP) is 2.78. The minimum absolute atomic E-state index is 0.106. The second-order valence-corrected chi connectivity index (χ2v) is 4.61. The van der Waals surface area contributed by atoms with Crippen molar-refractivity contribution >= 4 is 23.3 Å². The van der Waals surface area contributed by atoms with E-state index in [4.69, 9.17) is 16.7 Å². The topological polar surface area (TPSA) is 40.5 Å². The fourth-order valence-corrected chi connectivity index (χ4v) is 2.18. The molecule has 0 radical (unpaired) electrons. The van der Waals surface area contributed by atoms with Crippen molar-refractivity contribution in [2.45, 2.75) is 12.8 Å². The SMILES string of the molecule is O=C(O)C1CCN(c2ccc(Cl)c(F)c2)CC1. The fraction of sp³-hybridized carbons (Fsp3) is 0.417. The van der Waals surface area contributed by atoms with Crippen LogP contribution in [0.2, 0.25) is 5.02 Å². The van der Waals surface area contributed by atoms with Gasteiger partial charge in [0.05, 0.1) is 10.9 Å². The summed E-state index contributed by atoms with van der Waals surface area (Å²) in [6, 6.07) is 4.67. The summed E-state index contributed by atoms with van der Waals surface area (Å²) in [7, 11) is 0. The van der Waals surface area contributed by atoms with Gasteiger partial charge in [-0.15, -0.1) is 0 Å². The van der Waals surface area contributed by atoms with Crippen molar-refractivity contribution in [1.29, 1.82) is 0 Å². The first kappa shape index (κ1) is 12.2. The number of carboxylic acids is 1. The third-order valence-electron chi connectivity index (χ3n) is 3.11. The number of carbonyl (C=O) groups is 1. The van der Waals surface area contributed by atoms with Crippen molar-refractivity contribution in [1.82, 2.24) is 0 Å². The van der Waals surface area contributed by atoms with Gasteiger partial charge >= 0.3 is 5.97 Å². The molecule has 1 heterocycles. The fourth-order valence-electron chi connectivity index (χ4n) is 2.07. The van der Waals surface area contributed by atoms with Gasteiger partial charge in [-0.25, -0.2) is 4.39 Å². The van der Waals surface area contributed by atoms with E-state index in [0.29, 0.717) is 25.9 Å². The van der Waals surface area contributed by atoms with Gasteiger partial charge in [-0.1, -0.05) is 11.6 Å². The third kappa shape index (κ3) is 2.69. The van der Waals surface area contributed by atoms with Crippen molar-refractivity contribution in [3.63, 3.8) is 0 Å². The van der Waals surface area contributed by atoms with E-state index in [-0.39, 0.29) is 10.9 Å². The molecule has 1 saturated heterocycles. The van der Waals surface area contributed by atoms with Gasteiger partial charge in [-0.05, 0) is 31.0 Å². The summed E-state index contributed by atoms with van der Waals surface area (Å²) in [5.41, 5.74) is 0.760. The largest absolute Gasteiger partial charge is 0.481 e. The van der Waals surface area contributed by atoms with Crippen molar-refractivity contribution in [3.8, 4) is 0 Å². The number of benzene rings is 1. The number of piperidine rings is 1. The summed E-state index contributed by atoms with van der Waals surface area (Å²) in [4.78, 5) is 12.8. The monoisotopic (exact) mass is 257 g/mol. The van der Waals surface area contributed by atoms with E-state index in [1.54, 1.807) is 6.07 Å². The van der Waals surface area contributed by atoms with Gasteiger partial charge in [0.25, 0.3) is 0 Å². The summed E-state index contributed by atoms with van der Waals surface area (Å²) < 4.78 is 13.3. The Kier molecular flexibility index (Phi) is 3.52. The molecule has 0 aromatic heterocycles. The van der Waals surface area contributed by atoms with E-state index >= 15 is 0 Å². The lowest BCUT2D eigenvalue weighted by Crippen LogP contribution is -2.36. The summed E-state index contributed by atoms with van der Waals surface area (Å²) >= 11 is 5.61. The van der Waals surface area contributed by atoms with Gasteiger partial charge in [0.2, 0.25) is 0 Å². The van der Waals surface area contributed by atoms with E-state index in [1.165, 1.54) is 12.1 Å². The Hall–Kier alpha value is -1.29. The zero-order chi connectivity index (χ0) is 12.4. The maximum Gasteiger partial charge on any atom is 0.306 e. The number of hydrogen-bond donors (Lipinski definition) is 1. The number of rotatable bonds is 2. The zero-order valence-electron chi connectivity index (χ0n) is 9.20. The number of hydrogen-bond acceptors (Lipinski definition) is 2. The van der Waals surface area contributed by atoms with Gasteiger partial charge in [0.1, 0.15) is 5.82 Å². The molecule has 1 aliphatic rings. The Morgan fingerprint density at radius 3 is 2.59 bits per heavy atom. The highest BCUT2D eigenvalue weighted by Crippen LogP contribution is 2.26. The average Bonchev–Trinajstić information content (AvgIpc) is 2.33. The summed E-state index contributed by atoms with van der Waals surface area (Å²) in [6.07, 6.45) is 1.19. The molecular weight excluding hydrogens is 245 g/mol. The normalized spacial score (nSPS) is 17.2. The van der Waals surface area contributed by atoms with Crippen LogP contribution in [0.4, 0.5) is 10.1 Å². The van der Waals surface area contributed by atoms with E-state index in [1.807, 2.05) is 4.90 Å². The maximum atomic E-state index is 13.3. The van der Waals surface area contributed by atoms with E-state index < -0.39 is 11.8 Å². The number of carboxylic acid groups (broad SMARTS) is 1. The number of nitrogens with zero attached hydrogens (tertiary/aromatic N) is 1. The summed E-state index contributed by atoms with van der Waals surface area (Å²) in [6.45, 7) is 1.27. The molecule has 1 fully saturated rings. The number of anilines is 1. The number of halogens is 2. The molecule has 0 saturated carbocycles. The Morgan fingerprint density at radius 1 is 1.41 bits per heavy atom. The highest BCUT2D eigenvalue weighted by atomic mass is 35.5. The van der Waals surface area contributed by atoms with Crippen molar-refractivity contribution < 1.29 is 14.3 Å². The van der Waals surface area contributed by atoms with Crippen LogP contribution >= 0.6 is 11.6 Å². The lowest BCUT2D eigenvalue weighted by atomic mass is 9.97. The van der Waals surface area contributed by atoms with Gasteiger partial charge in [-0.2, -0.15) is 0 Å². The zero-order valence-corrected chi connectivity index (χ0v) is 9.95. The molecule has 1 aromatic rings. The van der Waals surface area contributed by atoms with Crippen LogP contribution in [-0.4, -0.2) is 24.2 Å². The molecule has 2 rings (SSSR count). The Labute approximate surface area is 104 Å². The third-order valence-corrected chi connectivity index (χ3v) is 3.42. The van der Waals surface area contributed by atoms with E-state index in [2.05, 4.69) is 0 Å². The second kappa shape index (κ2) is 4.92. The smallest absolute Gasteiger partial charge is 0.306 e. The molecule has 1 N–H and O–H groups in total. The molecule has 0 aliphatic carbocycles. The molecule has 17 heavy (non-hydrogen) atoms. The quantitative estimate of drug-likeness (QED) is 0.886. The second-order valence-electron chi connectivity index (χ2n) is 4.20. The molecule has 0 unspecified atom stereocenters. The highest BCUT2D eigenvalue weighted by Gasteiger charge is 2.24. The minimum Gasteiger partial charge on any atom is -0.481 e. The number of aliphatic carboxylic acids is 1. The Bertz CT molecular complexity index is 431. The van der Waals surface area contributed by atoms with Crippen LogP contribution in [0.25, 0.3) is 0 Å². The predicted molar refractivity (Wildman–Crippen MR) is 64.0 cm³/mol. The van der Waals surface area contributed by atoms with Crippen LogP contribution in [0.3, 0.4) is 0 Å². The Morgan fingerprint density at radius 2 is 2.06 bits per heavy atom. The highest BCUT2D eigenvalue weighted by molar-refractivity contribution is 6.30. The average molecular weight is 258 g/mol. The molecule has 3 nitrogen and oxygen atoms in total. The first-order valence-corrected chi connectivity index (χ1v) is 5.88. The lowest BCUT2D eigenvalue weighted by molar-refractivity contribution is -0.142. The first-order chi connectivity index (χ1) is 8.08. The molecule has 1 aliphatic heterocycles. The molecule has 1 aromatic carbocycles. The van der Waals surface area contributed by atoms with Crippen LogP contribution in [-0.2, 0) is 4.79 Å². The van der Waals surface area contributed by atoms with Crippen molar-refractivity contribution in [2.24, 2.45) is 5.92 Å². The van der Waals surface area contributed by atoms with Crippen LogP contribution in [0.15, 0.2) is 18.2 Å². The summed E-state index contributed by atoms with van der Waals surface area (Å²) in [5, 5.41) is 8.99. The van der Waals surface area contributed by atoms with Crippen molar-refractivity contribution in [2.75, 3.05) is 18.0 Å². The minimum atomic E-state index is -0.744. The first-order valence-electron chi connectivity index (χ1n) is 5.50. The van der Waals surface area contributed by atoms with Crippen LogP contribution < -0.4 is 4.90 Å². The summed E-state index contributed by atoms with van der Waals surface area (Å²) in [5.74, 6) is -1.46. The molecular formula is C12H13ClFNO2. The van der Waals surface area contributed by atoms with Crippen molar-refractivity contribution in [3.05, 3.63) is 29.0 Å². The Balaban J connectivity index is 2.05. The van der Waals surface area contributed by atoms with E-state index in [0.717, 1.165) is 5.69 Å². The molecule has 92 valence electrons.